The highest BCUT2D eigenvalue weighted by Gasteiger charge is 2.30. The van der Waals surface area contributed by atoms with Gasteiger partial charge in [-0.05, 0) is 19.4 Å². The fraction of sp³-hybridized carbons (Fsp3) is 0.353. The van der Waals surface area contributed by atoms with E-state index in [1.807, 2.05) is 49.1 Å². The van der Waals surface area contributed by atoms with Crippen LogP contribution in [0, 0.1) is 0 Å². The number of rotatable bonds is 5. The number of fused-ring (bicyclic) bond motifs is 1. The van der Waals surface area contributed by atoms with Crippen molar-refractivity contribution in [1.29, 1.82) is 0 Å². The fourth-order valence-corrected chi connectivity index (χ4v) is 2.75. The normalized spacial score (nSPS) is 13.2. The summed E-state index contributed by atoms with van der Waals surface area (Å²) in [7, 11) is 0. The maximum Gasteiger partial charge on any atom is 0.358 e. The third-order valence-corrected chi connectivity index (χ3v) is 3.98. The molecule has 1 aliphatic rings. The maximum atomic E-state index is 12.7. The molecular weight excluding hydrogens is 310 g/mol. The van der Waals surface area contributed by atoms with E-state index in [-0.39, 0.29) is 24.1 Å². The molecule has 2 aromatic rings. The van der Waals surface area contributed by atoms with Crippen molar-refractivity contribution in [2.24, 2.45) is 0 Å². The Labute approximate surface area is 139 Å². The molecule has 3 rings (SSSR count). The number of aromatic carboxylic acids is 1. The zero-order chi connectivity index (χ0) is 17.3. The van der Waals surface area contributed by atoms with Gasteiger partial charge in [0.2, 0.25) is 11.7 Å². The molecule has 1 aromatic heterocycles. The second-order valence-electron chi connectivity index (χ2n) is 5.91. The molecular formula is C17H19N3O4. The summed E-state index contributed by atoms with van der Waals surface area (Å²) in [5.74, 6) is -1.09. The standard InChI is InChI=1S/C17H19N3O4/c1-11(2)19-8-9-20-15(21)14(13(16(22)23)18-17(19)20)24-10-12-6-4-3-5-7-12/h3-7,11H,8-10H2,1-2H3,(H,22,23). The van der Waals surface area contributed by atoms with Crippen LogP contribution in [0.15, 0.2) is 35.1 Å². The zero-order valence-electron chi connectivity index (χ0n) is 13.6. The molecule has 0 saturated heterocycles. The van der Waals surface area contributed by atoms with E-state index < -0.39 is 11.5 Å². The Bertz CT molecular complexity index is 815. The number of carbonyl (C=O) groups is 1. The molecule has 0 aliphatic carbocycles. The monoisotopic (exact) mass is 329 g/mol. The minimum atomic E-state index is -1.27. The minimum absolute atomic E-state index is 0.116. The highest BCUT2D eigenvalue weighted by atomic mass is 16.5. The van der Waals surface area contributed by atoms with Crippen molar-refractivity contribution in [3.05, 3.63) is 51.9 Å². The topological polar surface area (TPSA) is 84.7 Å². The highest BCUT2D eigenvalue weighted by Crippen LogP contribution is 2.24. The summed E-state index contributed by atoms with van der Waals surface area (Å²) in [5, 5.41) is 9.43. The number of hydrogen-bond donors (Lipinski definition) is 1. The number of carboxylic acids is 1. The highest BCUT2D eigenvalue weighted by molar-refractivity contribution is 5.88. The molecule has 0 radical (unpaired) electrons. The van der Waals surface area contributed by atoms with E-state index in [1.165, 1.54) is 4.57 Å². The van der Waals surface area contributed by atoms with Crippen LogP contribution in [0.5, 0.6) is 5.75 Å². The number of ether oxygens (including phenoxy) is 1. The van der Waals surface area contributed by atoms with Crippen LogP contribution >= 0.6 is 0 Å². The predicted molar refractivity (Wildman–Crippen MR) is 88.7 cm³/mol. The van der Waals surface area contributed by atoms with E-state index in [9.17, 15) is 14.7 Å². The van der Waals surface area contributed by atoms with Crippen LogP contribution in [0.1, 0.15) is 29.9 Å². The Kier molecular flexibility index (Phi) is 4.24. The largest absolute Gasteiger partial charge is 0.481 e. The van der Waals surface area contributed by atoms with Gasteiger partial charge in [-0.25, -0.2) is 9.78 Å². The third-order valence-electron chi connectivity index (χ3n) is 3.98. The Balaban J connectivity index is 2.00. The van der Waals surface area contributed by atoms with E-state index in [0.717, 1.165) is 5.56 Å². The molecule has 1 aliphatic heterocycles. The van der Waals surface area contributed by atoms with E-state index in [0.29, 0.717) is 19.0 Å². The second-order valence-corrected chi connectivity index (χ2v) is 5.91. The average molecular weight is 329 g/mol. The number of carboxylic acid groups (broad SMARTS) is 1. The van der Waals surface area contributed by atoms with Gasteiger partial charge >= 0.3 is 5.97 Å². The van der Waals surface area contributed by atoms with Crippen LogP contribution in [0.2, 0.25) is 0 Å². The fourth-order valence-electron chi connectivity index (χ4n) is 2.75. The van der Waals surface area contributed by atoms with Gasteiger partial charge < -0.3 is 14.7 Å². The third kappa shape index (κ3) is 2.84. The van der Waals surface area contributed by atoms with Gasteiger partial charge in [0.05, 0.1) is 0 Å². The van der Waals surface area contributed by atoms with Crippen molar-refractivity contribution < 1.29 is 14.6 Å². The second kappa shape index (κ2) is 6.35. The molecule has 0 amide bonds. The quantitative estimate of drug-likeness (QED) is 0.899. The number of hydrogen-bond acceptors (Lipinski definition) is 5. The van der Waals surface area contributed by atoms with Gasteiger partial charge in [0.1, 0.15) is 6.61 Å². The molecule has 1 aromatic carbocycles. The lowest BCUT2D eigenvalue weighted by Crippen LogP contribution is -2.31. The van der Waals surface area contributed by atoms with Crippen LogP contribution in [0.25, 0.3) is 0 Å². The van der Waals surface area contributed by atoms with E-state index in [2.05, 4.69) is 4.98 Å². The first-order chi connectivity index (χ1) is 11.5. The van der Waals surface area contributed by atoms with E-state index in [1.54, 1.807) is 0 Å². The first-order valence-corrected chi connectivity index (χ1v) is 7.80. The van der Waals surface area contributed by atoms with Crippen molar-refractivity contribution in [3.8, 4) is 5.75 Å². The molecule has 7 heteroatoms. The van der Waals surface area contributed by atoms with Crippen molar-refractivity contribution in [2.75, 3.05) is 11.4 Å². The molecule has 126 valence electrons. The minimum Gasteiger partial charge on any atom is -0.481 e. The Morgan fingerprint density at radius 3 is 2.62 bits per heavy atom. The predicted octanol–water partition coefficient (Wildman–Crippen LogP) is 1.75. The Morgan fingerprint density at radius 2 is 2.00 bits per heavy atom. The van der Waals surface area contributed by atoms with Gasteiger partial charge in [-0.1, -0.05) is 30.3 Å². The molecule has 0 bridgehead atoms. The summed E-state index contributed by atoms with van der Waals surface area (Å²) < 4.78 is 7.02. The zero-order valence-corrected chi connectivity index (χ0v) is 13.6. The van der Waals surface area contributed by atoms with Crippen LogP contribution in [0.4, 0.5) is 5.95 Å². The summed E-state index contributed by atoms with van der Waals surface area (Å²) in [6.45, 7) is 5.16. The first kappa shape index (κ1) is 16.0. The summed E-state index contributed by atoms with van der Waals surface area (Å²) in [5.41, 5.74) is 0.0637. The number of nitrogens with zero attached hydrogens (tertiary/aromatic N) is 3. The van der Waals surface area contributed by atoms with Gasteiger partial charge in [0.15, 0.2) is 5.69 Å². The lowest BCUT2D eigenvalue weighted by atomic mass is 10.2. The first-order valence-electron chi connectivity index (χ1n) is 7.80. The van der Waals surface area contributed by atoms with Crippen LogP contribution in [0.3, 0.4) is 0 Å². The van der Waals surface area contributed by atoms with Crippen molar-refractivity contribution in [2.45, 2.75) is 33.0 Å². The molecule has 0 fully saturated rings. The lowest BCUT2D eigenvalue weighted by molar-refractivity contribution is 0.0684. The van der Waals surface area contributed by atoms with Gasteiger partial charge in [-0.2, -0.15) is 0 Å². The molecule has 0 spiro atoms. The smallest absolute Gasteiger partial charge is 0.358 e. The van der Waals surface area contributed by atoms with Crippen LogP contribution in [-0.4, -0.2) is 33.2 Å². The van der Waals surface area contributed by atoms with E-state index >= 15 is 0 Å². The Morgan fingerprint density at radius 1 is 1.29 bits per heavy atom. The van der Waals surface area contributed by atoms with Crippen molar-refractivity contribution in [3.63, 3.8) is 0 Å². The Hall–Kier alpha value is -2.83. The molecule has 7 nitrogen and oxygen atoms in total. The SMILES string of the molecule is CC(C)N1CCn2c1nc(C(=O)O)c(OCc1ccccc1)c2=O. The van der Waals surface area contributed by atoms with Gasteiger partial charge in [0.25, 0.3) is 5.56 Å². The average Bonchev–Trinajstić information content (AvgIpc) is 2.99. The molecule has 0 unspecified atom stereocenters. The van der Waals surface area contributed by atoms with Gasteiger partial charge in [-0.15, -0.1) is 0 Å². The van der Waals surface area contributed by atoms with Crippen molar-refractivity contribution in [1.82, 2.24) is 9.55 Å². The molecule has 0 atom stereocenters. The van der Waals surface area contributed by atoms with E-state index in [4.69, 9.17) is 4.74 Å². The van der Waals surface area contributed by atoms with Crippen LogP contribution in [-0.2, 0) is 13.2 Å². The molecule has 0 saturated carbocycles. The van der Waals surface area contributed by atoms with Crippen LogP contribution < -0.4 is 15.2 Å². The van der Waals surface area contributed by atoms with Gasteiger partial charge in [0, 0.05) is 19.1 Å². The van der Waals surface area contributed by atoms with Gasteiger partial charge in [-0.3, -0.25) is 9.36 Å². The molecule has 1 N–H and O–H groups in total. The summed E-state index contributed by atoms with van der Waals surface area (Å²) in [6.07, 6.45) is 0. The number of aromatic nitrogens is 2. The lowest BCUT2D eigenvalue weighted by Gasteiger charge is -2.22. The van der Waals surface area contributed by atoms with Crippen molar-refractivity contribution >= 4 is 11.9 Å². The molecule has 2 heterocycles. The summed E-state index contributed by atoms with van der Waals surface area (Å²) in [6, 6.07) is 9.40. The molecule has 24 heavy (non-hydrogen) atoms. The summed E-state index contributed by atoms with van der Waals surface area (Å²) >= 11 is 0. The number of anilines is 1. The summed E-state index contributed by atoms with van der Waals surface area (Å²) in [4.78, 5) is 30.3. The maximum absolute atomic E-state index is 12.7. The number of benzene rings is 1.